The molecule has 0 radical (unpaired) electrons. The number of methoxy groups -OCH3 is 2. The number of benzene rings is 1. The molecule has 0 saturated carbocycles. The Morgan fingerprint density at radius 1 is 1.25 bits per heavy atom. The van der Waals surface area contributed by atoms with E-state index in [-0.39, 0.29) is 11.3 Å². The van der Waals surface area contributed by atoms with E-state index in [9.17, 15) is 8.78 Å². The largest absolute Gasteiger partial charge is 0.493 e. The molecule has 0 bridgehead atoms. The molecule has 0 aliphatic rings. The first kappa shape index (κ1) is 12.7. The molecule has 0 saturated heterocycles. The molecule has 0 atom stereocenters. The minimum atomic E-state index is -2.99. The van der Waals surface area contributed by atoms with Crippen LogP contribution in [0.25, 0.3) is 0 Å². The van der Waals surface area contributed by atoms with E-state index in [2.05, 4.69) is 5.32 Å². The van der Waals surface area contributed by atoms with Crippen LogP contribution in [0.2, 0.25) is 0 Å². The van der Waals surface area contributed by atoms with Crippen molar-refractivity contribution in [2.24, 2.45) is 0 Å². The summed E-state index contributed by atoms with van der Waals surface area (Å²) in [6.07, 6.45) is 0. The van der Waals surface area contributed by atoms with Crippen LogP contribution in [0, 0.1) is 0 Å². The molecule has 0 aromatic heterocycles. The maximum atomic E-state index is 13.7. The number of likely N-dealkylation sites (N-methyl/N-ethyl adjacent to an activating group) is 1. The fourth-order valence-corrected chi connectivity index (χ4v) is 1.49. The third-order valence-electron chi connectivity index (χ3n) is 2.20. The van der Waals surface area contributed by atoms with E-state index >= 15 is 0 Å². The number of halogens is 2. The van der Waals surface area contributed by atoms with Crippen molar-refractivity contribution >= 4 is 0 Å². The summed E-state index contributed by atoms with van der Waals surface area (Å²) in [5.41, 5.74) is -0.177. The van der Waals surface area contributed by atoms with Crippen LogP contribution in [0.5, 0.6) is 11.5 Å². The highest BCUT2D eigenvalue weighted by Gasteiger charge is 2.35. The number of nitrogens with one attached hydrogen (secondary N) is 1. The molecular formula is C11H15F2NO2. The van der Waals surface area contributed by atoms with Gasteiger partial charge in [-0.2, -0.15) is 8.78 Å². The maximum absolute atomic E-state index is 13.7. The van der Waals surface area contributed by atoms with Crippen LogP contribution in [0.4, 0.5) is 8.78 Å². The number of rotatable bonds is 5. The van der Waals surface area contributed by atoms with Crippen LogP contribution in [-0.2, 0) is 5.92 Å². The third kappa shape index (κ3) is 2.41. The molecule has 1 aromatic rings. The summed E-state index contributed by atoms with van der Waals surface area (Å²) in [7, 11) is 4.23. The van der Waals surface area contributed by atoms with Crippen molar-refractivity contribution in [2.45, 2.75) is 5.92 Å². The highest BCUT2D eigenvalue weighted by molar-refractivity contribution is 5.48. The number of hydrogen-bond acceptors (Lipinski definition) is 3. The van der Waals surface area contributed by atoms with Gasteiger partial charge in [0.25, 0.3) is 5.92 Å². The minimum Gasteiger partial charge on any atom is -0.493 e. The average molecular weight is 231 g/mol. The normalized spacial score (nSPS) is 11.3. The van der Waals surface area contributed by atoms with E-state index in [1.54, 1.807) is 6.07 Å². The van der Waals surface area contributed by atoms with Crippen molar-refractivity contribution < 1.29 is 18.3 Å². The lowest BCUT2D eigenvalue weighted by Gasteiger charge is -2.20. The highest BCUT2D eigenvalue weighted by Crippen LogP contribution is 2.39. The molecule has 0 aliphatic carbocycles. The Morgan fingerprint density at radius 3 is 2.44 bits per heavy atom. The Bertz CT molecular complexity index is 356. The first-order valence-electron chi connectivity index (χ1n) is 4.80. The second-order valence-electron chi connectivity index (χ2n) is 3.28. The molecule has 0 amide bonds. The van der Waals surface area contributed by atoms with Gasteiger partial charge in [-0.15, -0.1) is 0 Å². The predicted molar refractivity (Wildman–Crippen MR) is 57.4 cm³/mol. The van der Waals surface area contributed by atoms with Crippen LogP contribution >= 0.6 is 0 Å². The topological polar surface area (TPSA) is 30.5 Å². The summed E-state index contributed by atoms with van der Waals surface area (Å²) in [6.45, 7) is -0.448. The molecular weight excluding hydrogens is 216 g/mol. The van der Waals surface area contributed by atoms with Crippen LogP contribution < -0.4 is 14.8 Å². The third-order valence-corrected chi connectivity index (χ3v) is 2.20. The Balaban J connectivity index is 3.22. The SMILES string of the molecule is CNCC(F)(F)c1cccc(OC)c1OC. The minimum absolute atomic E-state index is 0.0743. The van der Waals surface area contributed by atoms with Gasteiger partial charge < -0.3 is 14.8 Å². The highest BCUT2D eigenvalue weighted by atomic mass is 19.3. The van der Waals surface area contributed by atoms with Gasteiger partial charge in [-0.05, 0) is 19.2 Å². The summed E-state index contributed by atoms with van der Waals surface area (Å²) in [5.74, 6) is -2.62. The summed E-state index contributed by atoms with van der Waals surface area (Å²) < 4.78 is 37.4. The number of para-hydroxylation sites is 1. The van der Waals surface area contributed by atoms with Crippen molar-refractivity contribution in [1.82, 2.24) is 5.32 Å². The Morgan fingerprint density at radius 2 is 1.94 bits per heavy atom. The van der Waals surface area contributed by atoms with Gasteiger partial charge >= 0.3 is 0 Å². The van der Waals surface area contributed by atoms with Gasteiger partial charge in [0.1, 0.15) is 0 Å². The van der Waals surface area contributed by atoms with Crippen LogP contribution in [-0.4, -0.2) is 27.8 Å². The molecule has 3 nitrogen and oxygen atoms in total. The van der Waals surface area contributed by atoms with Gasteiger partial charge in [0, 0.05) is 0 Å². The maximum Gasteiger partial charge on any atom is 0.289 e. The van der Waals surface area contributed by atoms with E-state index in [1.165, 1.54) is 33.4 Å². The van der Waals surface area contributed by atoms with Gasteiger partial charge in [0.05, 0.1) is 26.3 Å². The lowest BCUT2D eigenvalue weighted by molar-refractivity contribution is -0.00371. The van der Waals surface area contributed by atoms with Crippen LogP contribution in [0.1, 0.15) is 5.56 Å². The second-order valence-corrected chi connectivity index (χ2v) is 3.28. The van der Waals surface area contributed by atoms with Gasteiger partial charge in [0.2, 0.25) is 0 Å². The number of alkyl halides is 2. The fraction of sp³-hybridized carbons (Fsp3) is 0.455. The summed E-state index contributed by atoms with van der Waals surface area (Å²) >= 11 is 0. The van der Waals surface area contributed by atoms with Gasteiger partial charge in [-0.1, -0.05) is 6.07 Å². The van der Waals surface area contributed by atoms with Gasteiger partial charge in [-0.25, -0.2) is 0 Å². The molecule has 0 aliphatic heterocycles. The number of hydrogen-bond donors (Lipinski definition) is 1. The standard InChI is InChI=1S/C11H15F2NO2/c1-14-7-11(12,13)8-5-4-6-9(15-2)10(8)16-3/h4-6,14H,7H2,1-3H3. The molecule has 0 heterocycles. The van der Waals surface area contributed by atoms with E-state index in [0.29, 0.717) is 5.75 Å². The zero-order chi connectivity index (χ0) is 12.2. The van der Waals surface area contributed by atoms with Crippen molar-refractivity contribution in [2.75, 3.05) is 27.8 Å². The predicted octanol–water partition coefficient (Wildman–Crippen LogP) is 2.01. The molecule has 90 valence electrons. The summed E-state index contributed by atoms with van der Waals surface area (Å²) in [5, 5.41) is 2.45. The lowest BCUT2D eigenvalue weighted by Crippen LogP contribution is -2.28. The molecule has 16 heavy (non-hydrogen) atoms. The quantitative estimate of drug-likeness (QED) is 0.841. The lowest BCUT2D eigenvalue weighted by atomic mass is 10.1. The Hall–Kier alpha value is -1.36. The van der Waals surface area contributed by atoms with E-state index in [0.717, 1.165) is 0 Å². The molecule has 1 aromatic carbocycles. The zero-order valence-electron chi connectivity index (χ0n) is 9.51. The van der Waals surface area contributed by atoms with Gasteiger partial charge in [-0.3, -0.25) is 0 Å². The molecule has 0 unspecified atom stereocenters. The van der Waals surface area contributed by atoms with E-state index < -0.39 is 12.5 Å². The van der Waals surface area contributed by atoms with Crippen molar-refractivity contribution in [3.8, 4) is 11.5 Å². The average Bonchev–Trinajstić information content (AvgIpc) is 2.27. The summed E-state index contributed by atoms with van der Waals surface area (Å²) in [6, 6.07) is 4.43. The van der Waals surface area contributed by atoms with E-state index in [1.807, 2.05) is 0 Å². The smallest absolute Gasteiger partial charge is 0.289 e. The first-order valence-corrected chi connectivity index (χ1v) is 4.80. The monoisotopic (exact) mass is 231 g/mol. The molecule has 1 N–H and O–H groups in total. The molecule has 0 fully saturated rings. The fourth-order valence-electron chi connectivity index (χ4n) is 1.49. The zero-order valence-corrected chi connectivity index (χ0v) is 9.51. The molecule has 0 spiro atoms. The Labute approximate surface area is 93.4 Å². The van der Waals surface area contributed by atoms with Crippen molar-refractivity contribution in [3.05, 3.63) is 23.8 Å². The van der Waals surface area contributed by atoms with E-state index in [4.69, 9.17) is 9.47 Å². The summed E-state index contributed by atoms with van der Waals surface area (Å²) in [4.78, 5) is 0. The molecule has 1 rings (SSSR count). The Kier molecular flexibility index (Phi) is 4.06. The van der Waals surface area contributed by atoms with Gasteiger partial charge in [0.15, 0.2) is 11.5 Å². The number of ether oxygens (including phenoxy) is 2. The first-order chi connectivity index (χ1) is 7.56. The molecule has 5 heteroatoms. The van der Waals surface area contributed by atoms with Crippen molar-refractivity contribution in [1.29, 1.82) is 0 Å². The van der Waals surface area contributed by atoms with Crippen LogP contribution in [0.3, 0.4) is 0 Å². The van der Waals surface area contributed by atoms with Crippen LogP contribution in [0.15, 0.2) is 18.2 Å². The second kappa shape index (κ2) is 5.12. The van der Waals surface area contributed by atoms with Crippen molar-refractivity contribution in [3.63, 3.8) is 0 Å².